The molecule has 0 aliphatic carbocycles. The van der Waals surface area contributed by atoms with Gasteiger partial charge < -0.3 is 14.6 Å². The Labute approximate surface area is 168 Å². The number of hydroxylamine groups is 1. The number of hydrogen-bond donors (Lipinski definition) is 4. The van der Waals surface area contributed by atoms with Crippen molar-refractivity contribution < 1.29 is 29.4 Å². The Kier molecular flexibility index (Phi) is 7.62. The lowest BCUT2D eigenvalue weighted by atomic mass is 9.96. The first-order valence-corrected chi connectivity index (χ1v) is 8.87. The molecule has 0 fully saturated rings. The van der Waals surface area contributed by atoms with E-state index in [-0.39, 0.29) is 11.5 Å². The first-order chi connectivity index (χ1) is 13.8. The molecule has 2 aromatic carbocycles. The maximum atomic E-state index is 12.4. The van der Waals surface area contributed by atoms with E-state index in [9.17, 15) is 14.7 Å². The van der Waals surface area contributed by atoms with Crippen molar-refractivity contribution in [3.05, 3.63) is 65.7 Å². The zero-order valence-electron chi connectivity index (χ0n) is 16.4. The number of hydrogen-bond acceptors (Lipinski definition) is 6. The molecule has 4 N–H and O–H groups in total. The number of carbonyl (C=O) groups is 2. The predicted molar refractivity (Wildman–Crippen MR) is 107 cm³/mol. The van der Waals surface area contributed by atoms with E-state index in [0.29, 0.717) is 11.3 Å². The van der Waals surface area contributed by atoms with E-state index in [1.54, 1.807) is 31.2 Å². The summed E-state index contributed by atoms with van der Waals surface area (Å²) in [6.07, 6.45) is 1.10. The predicted octanol–water partition coefficient (Wildman–Crippen LogP) is 3.70. The van der Waals surface area contributed by atoms with E-state index < -0.39 is 24.0 Å². The van der Waals surface area contributed by atoms with Crippen LogP contribution in [0.3, 0.4) is 0 Å². The Morgan fingerprint density at radius 2 is 1.83 bits per heavy atom. The van der Waals surface area contributed by atoms with E-state index in [0.717, 1.165) is 11.6 Å². The number of aryl methyl sites for hydroxylation is 1. The van der Waals surface area contributed by atoms with Gasteiger partial charge in [-0.2, -0.15) is 0 Å². The Hall–Kier alpha value is -3.52. The summed E-state index contributed by atoms with van der Waals surface area (Å²) in [4.78, 5) is 23.7. The van der Waals surface area contributed by atoms with Crippen LogP contribution in [0.4, 0.5) is 10.5 Å². The van der Waals surface area contributed by atoms with Crippen LogP contribution in [0.25, 0.3) is 0 Å². The van der Waals surface area contributed by atoms with Crippen molar-refractivity contribution in [2.75, 3.05) is 12.4 Å². The zero-order chi connectivity index (χ0) is 21.4. The van der Waals surface area contributed by atoms with Gasteiger partial charge in [0.25, 0.3) is 5.91 Å². The average Bonchev–Trinajstić information content (AvgIpc) is 2.71. The van der Waals surface area contributed by atoms with Gasteiger partial charge in [-0.25, -0.2) is 10.3 Å². The molecule has 8 heteroatoms. The molecule has 0 heterocycles. The van der Waals surface area contributed by atoms with Gasteiger partial charge in [0.15, 0.2) is 11.5 Å². The average molecular weight is 400 g/mol. The molecule has 0 spiro atoms. The Bertz CT molecular complexity index is 879. The third kappa shape index (κ3) is 6.25. The highest BCUT2D eigenvalue weighted by molar-refractivity contribution is 5.86. The van der Waals surface area contributed by atoms with Crippen LogP contribution >= 0.6 is 0 Å². The van der Waals surface area contributed by atoms with Crippen LogP contribution in [0.15, 0.2) is 54.6 Å². The lowest BCUT2D eigenvalue weighted by molar-refractivity contribution is -0.124. The van der Waals surface area contributed by atoms with Crippen molar-refractivity contribution in [3.8, 4) is 11.5 Å². The molecule has 0 saturated heterocycles. The second kappa shape index (κ2) is 10.1. The van der Waals surface area contributed by atoms with Crippen LogP contribution < -0.4 is 15.5 Å². The Morgan fingerprint density at radius 1 is 1.14 bits per heavy atom. The third-order valence-corrected chi connectivity index (χ3v) is 4.20. The van der Waals surface area contributed by atoms with Crippen LogP contribution in [-0.2, 0) is 9.53 Å². The highest BCUT2D eigenvalue weighted by atomic mass is 16.6. The monoisotopic (exact) mass is 400 g/mol. The first-order valence-electron chi connectivity index (χ1n) is 8.87. The van der Waals surface area contributed by atoms with Gasteiger partial charge in [0, 0.05) is 17.7 Å². The van der Waals surface area contributed by atoms with Crippen molar-refractivity contribution in [1.82, 2.24) is 5.48 Å². The number of carbonyl (C=O) groups excluding carboxylic acids is 2. The largest absolute Gasteiger partial charge is 0.504 e. The fraction of sp³-hybridized carbons (Fsp3) is 0.238. The van der Waals surface area contributed by atoms with E-state index in [1.165, 1.54) is 24.7 Å². The number of phenolic OH excluding ortho intramolecular Hbond substituents is 1. The molecule has 2 rings (SSSR count). The number of rotatable bonds is 7. The number of methoxy groups -OCH3 is 1. The summed E-state index contributed by atoms with van der Waals surface area (Å²) >= 11 is 0. The number of amides is 2. The molecule has 154 valence electrons. The van der Waals surface area contributed by atoms with Crippen LogP contribution in [0, 0.1) is 12.8 Å². The van der Waals surface area contributed by atoms with E-state index in [2.05, 4.69) is 5.32 Å². The van der Waals surface area contributed by atoms with E-state index in [4.69, 9.17) is 14.7 Å². The minimum Gasteiger partial charge on any atom is -0.504 e. The number of phenols is 1. The summed E-state index contributed by atoms with van der Waals surface area (Å²) in [5.74, 6) is -0.998. The highest BCUT2D eigenvalue weighted by Crippen LogP contribution is 2.34. The molecule has 2 amide bonds. The number of benzene rings is 2. The number of aromatic hydroxyl groups is 1. The molecule has 2 aromatic rings. The number of ether oxygens (including phenoxy) is 2. The van der Waals surface area contributed by atoms with Gasteiger partial charge in [-0.1, -0.05) is 36.8 Å². The molecule has 0 unspecified atom stereocenters. The molecule has 0 aromatic heterocycles. The second-order valence-corrected chi connectivity index (χ2v) is 6.44. The summed E-state index contributed by atoms with van der Waals surface area (Å²) in [6.45, 7) is 3.66. The minimum atomic E-state index is -0.819. The quantitative estimate of drug-likeness (QED) is 0.320. The lowest BCUT2D eigenvalue weighted by Crippen LogP contribution is -2.22. The fourth-order valence-electron chi connectivity index (χ4n) is 2.64. The van der Waals surface area contributed by atoms with Gasteiger partial charge in [0.1, 0.15) is 6.10 Å². The molecule has 2 atom stereocenters. The molecular weight excluding hydrogens is 376 g/mol. The summed E-state index contributed by atoms with van der Waals surface area (Å²) in [5, 5.41) is 21.4. The third-order valence-electron chi connectivity index (χ3n) is 4.20. The van der Waals surface area contributed by atoms with E-state index in [1.807, 2.05) is 19.1 Å². The first kappa shape index (κ1) is 21.8. The Balaban J connectivity index is 2.24. The normalized spacial score (nSPS) is 12.8. The van der Waals surface area contributed by atoms with E-state index >= 15 is 0 Å². The van der Waals surface area contributed by atoms with Gasteiger partial charge in [-0.15, -0.1) is 0 Å². The molecule has 0 bridgehead atoms. The van der Waals surface area contributed by atoms with Crippen LogP contribution in [-0.4, -0.2) is 29.4 Å². The van der Waals surface area contributed by atoms with Crippen LogP contribution in [0.2, 0.25) is 0 Å². The van der Waals surface area contributed by atoms with Gasteiger partial charge in [0.05, 0.1) is 7.11 Å². The summed E-state index contributed by atoms with van der Waals surface area (Å²) in [7, 11) is 1.43. The number of anilines is 1. The minimum absolute atomic E-state index is 0.109. The number of nitrogens with one attached hydrogen (secondary N) is 2. The summed E-state index contributed by atoms with van der Waals surface area (Å²) in [6, 6.07) is 11.8. The van der Waals surface area contributed by atoms with Crippen molar-refractivity contribution in [3.63, 3.8) is 0 Å². The zero-order valence-corrected chi connectivity index (χ0v) is 16.4. The standard InChI is InChI=1S/C21H24N2O6/c1-13-4-8-16(9-5-13)22-21(26)29-20(14(2)6-11-19(25)23-27)15-7-10-18(28-3)17(24)12-15/h4-12,14,20,24,27H,1-3H3,(H,22,26)(H,23,25)/b11-6+/t14-,20+/m0/s1. The molecule has 0 aliphatic heterocycles. The molecule has 0 saturated carbocycles. The molecule has 29 heavy (non-hydrogen) atoms. The van der Waals surface area contributed by atoms with Crippen molar-refractivity contribution in [2.45, 2.75) is 20.0 Å². The smallest absolute Gasteiger partial charge is 0.412 e. The molecular formula is C21H24N2O6. The molecule has 8 nitrogen and oxygen atoms in total. The van der Waals surface area contributed by atoms with Gasteiger partial charge in [-0.05, 0) is 36.8 Å². The van der Waals surface area contributed by atoms with Crippen LogP contribution in [0.1, 0.15) is 24.2 Å². The topological polar surface area (TPSA) is 117 Å². The van der Waals surface area contributed by atoms with Crippen molar-refractivity contribution in [2.24, 2.45) is 5.92 Å². The second-order valence-electron chi connectivity index (χ2n) is 6.44. The van der Waals surface area contributed by atoms with Crippen molar-refractivity contribution in [1.29, 1.82) is 0 Å². The SMILES string of the molecule is COc1ccc([C@H](OC(=O)Nc2ccc(C)cc2)[C@@H](C)/C=C/C(=O)NO)cc1O. The van der Waals surface area contributed by atoms with Crippen molar-refractivity contribution >= 4 is 17.7 Å². The molecule has 0 radical (unpaired) electrons. The maximum absolute atomic E-state index is 12.4. The maximum Gasteiger partial charge on any atom is 0.412 e. The summed E-state index contributed by atoms with van der Waals surface area (Å²) < 4.78 is 10.6. The lowest BCUT2D eigenvalue weighted by Gasteiger charge is -2.23. The summed E-state index contributed by atoms with van der Waals surface area (Å²) in [5.41, 5.74) is 3.62. The van der Waals surface area contributed by atoms with Gasteiger partial charge in [0.2, 0.25) is 0 Å². The molecule has 0 aliphatic rings. The van der Waals surface area contributed by atoms with Crippen LogP contribution in [0.5, 0.6) is 11.5 Å². The Morgan fingerprint density at radius 3 is 2.41 bits per heavy atom. The highest BCUT2D eigenvalue weighted by Gasteiger charge is 2.23. The fourth-order valence-corrected chi connectivity index (χ4v) is 2.64. The van der Waals surface area contributed by atoms with Gasteiger partial charge >= 0.3 is 6.09 Å². The van der Waals surface area contributed by atoms with Gasteiger partial charge in [-0.3, -0.25) is 15.3 Å².